The molecule has 2 heterocycles. The Morgan fingerprint density at radius 1 is 1.50 bits per heavy atom. The molecule has 0 radical (unpaired) electrons. The number of aromatic nitrogens is 6. The summed E-state index contributed by atoms with van der Waals surface area (Å²) in [5.74, 6) is 0.932. The molecule has 16 heavy (non-hydrogen) atoms. The van der Waals surface area contributed by atoms with Crippen LogP contribution < -0.4 is 5.32 Å². The van der Waals surface area contributed by atoms with Gasteiger partial charge in [0.25, 0.3) is 0 Å². The molecule has 2 aromatic heterocycles. The minimum Gasteiger partial charge on any atom is -0.311 e. The molecule has 0 unspecified atom stereocenters. The Bertz CT molecular complexity index is 405. The molecule has 2 aromatic rings. The first-order valence-corrected chi connectivity index (χ1v) is 5.25. The third kappa shape index (κ3) is 3.13. The van der Waals surface area contributed by atoms with Crippen molar-refractivity contribution in [1.82, 2.24) is 35.5 Å². The third-order valence-corrected chi connectivity index (χ3v) is 2.19. The van der Waals surface area contributed by atoms with Gasteiger partial charge in [0.1, 0.15) is 12.2 Å². The summed E-state index contributed by atoms with van der Waals surface area (Å²) in [4.78, 5) is 4.06. The molecule has 2 rings (SSSR count). The number of rotatable bonds is 6. The highest BCUT2D eigenvalue weighted by molar-refractivity contribution is 4.90. The number of hydrogen-bond donors (Lipinski definition) is 2. The van der Waals surface area contributed by atoms with E-state index < -0.39 is 0 Å². The van der Waals surface area contributed by atoms with E-state index in [0.29, 0.717) is 0 Å². The van der Waals surface area contributed by atoms with Gasteiger partial charge < -0.3 is 5.32 Å². The quantitative estimate of drug-likeness (QED) is 0.652. The van der Waals surface area contributed by atoms with Gasteiger partial charge in [0.2, 0.25) is 0 Å². The second-order valence-electron chi connectivity index (χ2n) is 3.60. The number of aromatic amines is 1. The molecule has 0 aliphatic carbocycles. The van der Waals surface area contributed by atoms with E-state index in [1.807, 2.05) is 13.2 Å². The van der Waals surface area contributed by atoms with Crippen LogP contribution in [-0.2, 0) is 20.0 Å². The fourth-order valence-electron chi connectivity index (χ4n) is 1.42. The van der Waals surface area contributed by atoms with Crippen LogP contribution in [0.4, 0.5) is 0 Å². The molecule has 86 valence electrons. The van der Waals surface area contributed by atoms with Crippen molar-refractivity contribution in [3.63, 3.8) is 0 Å². The third-order valence-electron chi connectivity index (χ3n) is 2.19. The van der Waals surface area contributed by atoms with Crippen LogP contribution in [-0.4, -0.2) is 36.7 Å². The van der Waals surface area contributed by atoms with Crippen LogP contribution in [0.15, 0.2) is 12.5 Å². The van der Waals surface area contributed by atoms with Crippen molar-refractivity contribution in [2.45, 2.75) is 19.4 Å². The molecule has 0 aliphatic heterocycles. The highest BCUT2D eigenvalue weighted by atomic mass is 15.4. The number of aryl methyl sites for hydroxylation is 2. The van der Waals surface area contributed by atoms with E-state index in [9.17, 15) is 0 Å². The van der Waals surface area contributed by atoms with E-state index in [4.69, 9.17) is 0 Å². The standard InChI is InChI=1S/C9H15N7/c1-16-6-8(13-15-16)5-10-4-2-3-9-11-7-12-14-9/h6-7,10H,2-5H2,1H3,(H,11,12,14). The van der Waals surface area contributed by atoms with Crippen molar-refractivity contribution in [3.05, 3.63) is 24.0 Å². The van der Waals surface area contributed by atoms with Crippen molar-refractivity contribution in [2.75, 3.05) is 6.54 Å². The molecule has 0 atom stereocenters. The predicted octanol–water partition coefficient (Wildman–Crippen LogP) is -0.344. The Morgan fingerprint density at radius 2 is 2.44 bits per heavy atom. The van der Waals surface area contributed by atoms with Crippen LogP contribution in [0.1, 0.15) is 17.9 Å². The highest BCUT2D eigenvalue weighted by Gasteiger charge is 1.98. The lowest BCUT2D eigenvalue weighted by molar-refractivity contribution is 0.630. The molecule has 2 N–H and O–H groups in total. The zero-order chi connectivity index (χ0) is 11.2. The van der Waals surface area contributed by atoms with Crippen LogP contribution in [0.5, 0.6) is 0 Å². The molecule has 0 amide bonds. The molecule has 7 heteroatoms. The first-order chi connectivity index (χ1) is 7.84. The fourth-order valence-corrected chi connectivity index (χ4v) is 1.42. The summed E-state index contributed by atoms with van der Waals surface area (Å²) in [5.41, 5.74) is 0.960. The number of nitrogens with zero attached hydrogens (tertiary/aromatic N) is 5. The summed E-state index contributed by atoms with van der Waals surface area (Å²) < 4.78 is 1.70. The summed E-state index contributed by atoms with van der Waals surface area (Å²) >= 11 is 0. The minimum absolute atomic E-state index is 0.754. The molecule has 0 saturated carbocycles. The summed E-state index contributed by atoms with van der Waals surface area (Å²) in [7, 11) is 1.86. The normalized spacial score (nSPS) is 10.8. The van der Waals surface area contributed by atoms with Crippen LogP contribution >= 0.6 is 0 Å². The molecule has 0 aliphatic rings. The average molecular weight is 221 g/mol. The van der Waals surface area contributed by atoms with Crippen LogP contribution in [0, 0.1) is 0 Å². The smallest absolute Gasteiger partial charge is 0.137 e. The first kappa shape index (κ1) is 10.7. The lowest BCUT2D eigenvalue weighted by Crippen LogP contribution is -2.15. The van der Waals surface area contributed by atoms with Gasteiger partial charge >= 0.3 is 0 Å². The Kier molecular flexibility index (Phi) is 3.60. The molecule has 0 saturated heterocycles. The lowest BCUT2D eigenvalue weighted by atomic mass is 10.3. The SMILES string of the molecule is Cn1cc(CNCCCc2ncn[nH]2)nn1. The zero-order valence-corrected chi connectivity index (χ0v) is 9.22. The van der Waals surface area contributed by atoms with E-state index in [-0.39, 0.29) is 0 Å². The van der Waals surface area contributed by atoms with Gasteiger partial charge in [-0.2, -0.15) is 5.10 Å². The molecule has 7 nitrogen and oxygen atoms in total. The zero-order valence-electron chi connectivity index (χ0n) is 9.22. The minimum atomic E-state index is 0.754. The summed E-state index contributed by atoms with van der Waals surface area (Å²) in [6.45, 7) is 1.68. The molecular weight excluding hydrogens is 206 g/mol. The van der Waals surface area contributed by atoms with Gasteiger partial charge in [0.15, 0.2) is 0 Å². The van der Waals surface area contributed by atoms with E-state index in [2.05, 4.69) is 30.8 Å². The summed E-state index contributed by atoms with van der Waals surface area (Å²) in [6.07, 6.45) is 5.37. The first-order valence-electron chi connectivity index (χ1n) is 5.25. The van der Waals surface area contributed by atoms with Crippen molar-refractivity contribution < 1.29 is 0 Å². The van der Waals surface area contributed by atoms with Gasteiger partial charge in [-0.1, -0.05) is 5.21 Å². The molecular formula is C9H15N7. The number of hydrogen-bond acceptors (Lipinski definition) is 5. The maximum absolute atomic E-state index is 4.06. The molecule has 0 aromatic carbocycles. The van der Waals surface area contributed by atoms with Gasteiger partial charge in [-0.15, -0.1) is 5.10 Å². The van der Waals surface area contributed by atoms with Gasteiger partial charge in [-0.25, -0.2) is 4.98 Å². The largest absolute Gasteiger partial charge is 0.311 e. The Labute approximate surface area is 93.3 Å². The summed E-state index contributed by atoms with van der Waals surface area (Å²) in [6, 6.07) is 0. The summed E-state index contributed by atoms with van der Waals surface area (Å²) in [5, 5.41) is 17.8. The molecule has 0 bridgehead atoms. The van der Waals surface area contributed by atoms with E-state index in [1.54, 1.807) is 4.68 Å². The highest BCUT2D eigenvalue weighted by Crippen LogP contribution is 1.93. The van der Waals surface area contributed by atoms with E-state index in [0.717, 1.165) is 37.4 Å². The van der Waals surface area contributed by atoms with Gasteiger partial charge in [0.05, 0.1) is 5.69 Å². The maximum Gasteiger partial charge on any atom is 0.137 e. The van der Waals surface area contributed by atoms with Crippen molar-refractivity contribution in [3.8, 4) is 0 Å². The number of H-pyrrole nitrogens is 1. The molecule has 0 spiro atoms. The van der Waals surface area contributed by atoms with Crippen molar-refractivity contribution >= 4 is 0 Å². The topological polar surface area (TPSA) is 84.3 Å². The molecule has 0 fully saturated rings. The van der Waals surface area contributed by atoms with E-state index in [1.165, 1.54) is 6.33 Å². The second-order valence-corrected chi connectivity index (χ2v) is 3.60. The second kappa shape index (κ2) is 5.36. The lowest BCUT2D eigenvalue weighted by Gasteiger charge is -2.00. The van der Waals surface area contributed by atoms with Gasteiger partial charge in [-0.05, 0) is 13.0 Å². The van der Waals surface area contributed by atoms with Crippen LogP contribution in [0.25, 0.3) is 0 Å². The number of nitrogens with one attached hydrogen (secondary N) is 2. The maximum atomic E-state index is 4.06. The van der Waals surface area contributed by atoms with Gasteiger partial charge in [0, 0.05) is 26.2 Å². The van der Waals surface area contributed by atoms with Crippen molar-refractivity contribution in [2.24, 2.45) is 7.05 Å². The van der Waals surface area contributed by atoms with Crippen molar-refractivity contribution in [1.29, 1.82) is 0 Å². The Balaban J connectivity index is 1.59. The van der Waals surface area contributed by atoms with Crippen LogP contribution in [0.3, 0.4) is 0 Å². The Hall–Kier alpha value is -1.76. The average Bonchev–Trinajstić information content (AvgIpc) is 2.89. The predicted molar refractivity (Wildman–Crippen MR) is 57.4 cm³/mol. The monoisotopic (exact) mass is 221 g/mol. The van der Waals surface area contributed by atoms with Crippen LogP contribution in [0.2, 0.25) is 0 Å². The fraction of sp³-hybridized carbons (Fsp3) is 0.556. The van der Waals surface area contributed by atoms with E-state index >= 15 is 0 Å². The van der Waals surface area contributed by atoms with Gasteiger partial charge in [-0.3, -0.25) is 9.78 Å². The Morgan fingerprint density at radius 3 is 3.12 bits per heavy atom.